The zero-order chi connectivity index (χ0) is 25.0. The van der Waals surface area contributed by atoms with Gasteiger partial charge in [-0.3, -0.25) is 14.6 Å². The molecule has 2 heterocycles. The molecular formula is C22H23FN4O5S2. The van der Waals surface area contributed by atoms with E-state index in [0.717, 1.165) is 11.1 Å². The number of sulfonamides is 1. The van der Waals surface area contributed by atoms with Gasteiger partial charge < -0.3 is 15.7 Å². The summed E-state index contributed by atoms with van der Waals surface area (Å²) in [7, 11) is -3.70. The third-order valence-corrected chi connectivity index (χ3v) is 7.61. The maximum Gasteiger partial charge on any atom is 0.258 e. The largest absolute Gasteiger partial charge is 0.506 e. The molecular weight excluding hydrogens is 483 g/mol. The standard InChI is InChI=1S/C22H23FN4O5S2/c1-12-10-19(14(3)33-12)34(31,32)26-9-8-25-21(29)15-4-5-18(28)20(13(15)2)27-22(30)16-6-7-24-11-17(16)23/h4-7,10-11,26,28H,8-9H2,1-3H3,(H,25,29)(H,27,30). The highest BCUT2D eigenvalue weighted by molar-refractivity contribution is 7.89. The number of nitrogens with one attached hydrogen (secondary N) is 3. The lowest BCUT2D eigenvalue weighted by Crippen LogP contribution is -2.35. The number of carbonyl (C=O) groups excluding carboxylic acids is 2. The Balaban J connectivity index is 1.66. The van der Waals surface area contributed by atoms with E-state index in [-0.39, 0.29) is 46.1 Å². The SMILES string of the molecule is Cc1cc(S(=O)(=O)NCCNC(=O)c2ccc(O)c(NC(=O)c3ccncc3F)c2C)c(C)s1. The summed E-state index contributed by atoms with van der Waals surface area (Å²) in [4.78, 5) is 30.4. The number of phenols is 1. The quantitative estimate of drug-likeness (QED) is 0.274. The second-order valence-corrected chi connectivity index (χ2v) is 10.6. The van der Waals surface area contributed by atoms with Crippen LogP contribution in [0.15, 0.2) is 41.6 Å². The van der Waals surface area contributed by atoms with E-state index in [9.17, 15) is 27.5 Å². The van der Waals surface area contributed by atoms with Crippen molar-refractivity contribution in [2.75, 3.05) is 18.4 Å². The van der Waals surface area contributed by atoms with E-state index in [1.54, 1.807) is 13.0 Å². The number of pyridine rings is 1. The van der Waals surface area contributed by atoms with Crippen LogP contribution in [0.3, 0.4) is 0 Å². The lowest BCUT2D eigenvalue weighted by Gasteiger charge is -2.15. The fourth-order valence-electron chi connectivity index (χ4n) is 3.25. The normalized spacial score (nSPS) is 11.3. The predicted octanol–water partition coefficient (Wildman–Crippen LogP) is 2.87. The zero-order valence-corrected chi connectivity index (χ0v) is 20.2. The van der Waals surface area contributed by atoms with Gasteiger partial charge in [0.15, 0.2) is 5.82 Å². The van der Waals surface area contributed by atoms with E-state index < -0.39 is 27.7 Å². The first-order valence-corrected chi connectivity index (χ1v) is 12.4. The minimum atomic E-state index is -3.70. The second-order valence-electron chi connectivity index (χ2n) is 7.37. The Labute approximate surface area is 200 Å². The molecule has 0 aliphatic rings. The van der Waals surface area contributed by atoms with E-state index in [1.165, 1.54) is 42.7 Å². The Morgan fingerprint density at radius 1 is 1.09 bits per heavy atom. The third kappa shape index (κ3) is 5.58. The number of halogens is 1. The van der Waals surface area contributed by atoms with E-state index >= 15 is 0 Å². The van der Waals surface area contributed by atoms with Crippen molar-refractivity contribution in [2.45, 2.75) is 25.7 Å². The van der Waals surface area contributed by atoms with E-state index in [2.05, 4.69) is 20.3 Å². The van der Waals surface area contributed by atoms with Gasteiger partial charge in [0.05, 0.1) is 22.3 Å². The first kappa shape index (κ1) is 25.3. The molecule has 34 heavy (non-hydrogen) atoms. The summed E-state index contributed by atoms with van der Waals surface area (Å²) in [6.07, 6.45) is 2.14. The first-order valence-electron chi connectivity index (χ1n) is 10.1. The molecule has 3 rings (SSSR count). The molecule has 0 fully saturated rings. The Kier molecular flexibility index (Phi) is 7.64. The summed E-state index contributed by atoms with van der Waals surface area (Å²) in [6, 6.07) is 5.37. The topological polar surface area (TPSA) is 137 Å². The van der Waals surface area contributed by atoms with E-state index in [0.29, 0.717) is 4.88 Å². The average Bonchev–Trinajstić information content (AvgIpc) is 3.13. The molecule has 12 heteroatoms. The number of nitrogens with zero attached hydrogens (tertiary/aromatic N) is 1. The molecule has 4 N–H and O–H groups in total. The Bertz CT molecular complexity index is 1360. The molecule has 0 unspecified atom stereocenters. The van der Waals surface area contributed by atoms with E-state index in [1.807, 2.05) is 6.92 Å². The number of amides is 2. The van der Waals surface area contributed by atoms with Gasteiger partial charge in [-0.1, -0.05) is 0 Å². The molecule has 0 spiro atoms. The van der Waals surface area contributed by atoms with Gasteiger partial charge in [0.1, 0.15) is 5.75 Å². The maximum atomic E-state index is 13.8. The molecule has 3 aromatic rings. The van der Waals surface area contributed by atoms with Crippen LogP contribution in [0, 0.1) is 26.6 Å². The van der Waals surface area contributed by atoms with Crippen molar-refractivity contribution < 1.29 is 27.5 Å². The van der Waals surface area contributed by atoms with Gasteiger partial charge in [0.2, 0.25) is 10.0 Å². The lowest BCUT2D eigenvalue weighted by atomic mass is 10.0. The molecule has 0 saturated heterocycles. The Hall–Kier alpha value is -3.35. The monoisotopic (exact) mass is 506 g/mol. The van der Waals surface area contributed by atoms with Crippen LogP contribution in [0.5, 0.6) is 5.75 Å². The molecule has 0 aliphatic heterocycles. The highest BCUT2D eigenvalue weighted by Crippen LogP contribution is 2.30. The molecule has 0 aliphatic carbocycles. The van der Waals surface area contributed by atoms with Crippen molar-refractivity contribution in [2.24, 2.45) is 0 Å². The predicted molar refractivity (Wildman–Crippen MR) is 126 cm³/mol. The number of rotatable bonds is 8. The fraction of sp³-hybridized carbons (Fsp3) is 0.227. The van der Waals surface area contributed by atoms with Crippen LogP contribution in [0.4, 0.5) is 10.1 Å². The highest BCUT2D eigenvalue weighted by Gasteiger charge is 2.20. The summed E-state index contributed by atoms with van der Waals surface area (Å²) < 4.78 is 41.2. The van der Waals surface area contributed by atoms with Gasteiger partial charge in [-0.2, -0.15) is 0 Å². The van der Waals surface area contributed by atoms with Crippen LogP contribution in [0.25, 0.3) is 0 Å². The van der Waals surface area contributed by atoms with Crippen molar-refractivity contribution in [3.05, 3.63) is 68.9 Å². The zero-order valence-electron chi connectivity index (χ0n) is 18.6. The molecule has 9 nitrogen and oxygen atoms in total. The number of aromatic hydroxyl groups is 1. The number of aryl methyl sites for hydroxylation is 2. The number of aromatic nitrogens is 1. The van der Waals surface area contributed by atoms with E-state index in [4.69, 9.17) is 0 Å². The highest BCUT2D eigenvalue weighted by atomic mass is 32.2. The van der Waals surface area contributed by atoms with Crippen LogP contribution in [-0.2, 0) is 10.0 Å². The third-order valence-electron chi connectivity index (χ3n) is 4.93. The van der Waals surface area contributed by atoms with Crippen LogP contribution >= 0.6 is 11.3 Å². The molecule has 2 aromatic heterocycles. The van der Waals surface area contributed by atoms with Crippen molar-refractivity contribution in [1.29, 1.82) is 0 Å². The molecule has 1 aromatic carbocycles. The number of hydrogen-bond donors (Lipinski definition) is 4. The van der Waals surface area contributed by atoms with Crippen LogP contribution in [0.1, 0.15) is 36.0 Å². The minimum Gasteiger partial charge on any atom is -0.506 e. The Morgan fingerprint density at radius 2 is 1.82 bits per heavy atom. The molecule has 2 amide bonds. The van der Waals surface area contributed by atoms with Gasteiger partial charge in [-0.25, -0.2) is 17.5 Å². The van der Waals surface area contributed by atoms with Crippen molar-refractivity contribution >= 4 is 38.9 Å². The van der Waals surface area contributed by atoms with Crippen LogP contribution in [0.2, 0.25) is 0 Å². The molecule has 180 valence electrons. The summed E-state index contributed by atoms with van der Waals surface area (Å²) in [5.74, 6) is -2.48. The number of thiophene rings is 1. The number of carbonyl (C=O) groups is 2. The fourth-order valence-corrected chi connectivity index (χ4v) is 5.83. The summed E-state index contributed by atoms with van der Waals surface area (Å²) in [5, 5.41) is 15.2. The molecule has 0 saturated carbocycles. The van der Waals surface area contributed by atoms with Crippen LogP contribution in [-0.4, -0.2) is 43.4 Å². The average molecular weight is 507 g/mol. The smallest absolute Gasteiger partial charge is 0.258 e. The van der Waals surface area contributed by atoms with Crippen molar-refractivity contribution in [1.82, 2.24) is 15.0 Å². The molecule has 0 radical (unpaired) electrons. The molecule has 0 atom stereocenters. The summed E-state index contributed by atoms with van der Waals surface area (Å²) in [5.41, 5.74) is 0.0885. The van der Waals surface area contributed by atoms with Crippen LogP contribution < -0.4 is 15.4 Å². The summed E-state index contributed by atoms with van der Waals surface area (Å²) >= 11 is 1.38. The number of benzene rings is 1. The minimum absolute atomic E-state index is 0.00443. The lowest BCUT2D eigenvalue weighted by molar-refractivity contribution is 0.0952. The maximum absolute atomic E-state index is 13.8. The number of anilines is 1. The van der Waals surface area contributed by atoms with Gasteiger partial charge >= 0.3 is 0 Å². The van der Waals surface area contributed by atoms with Gasteiger partial charge in [-0.15, -0.1) is 11.3 Å². The second kappa shape index (κ2) is 10.3. The number of phenolic OH excluding ortho intramolecular Hbond substituents is 1. The Morgan fingerprint density at radius 3 is 2.47 bits per heavy atom. The van der Waals surface area contributed by atoms with Gasteiger partial charge in [-0.05, 0) is 50.6 Å². The van der Waals surface area contributed by atoms with Crippen molar-refractivity contribution in [3.63, 3.8) is 0 Å². The first-order chi connectivity index (χ1) is 16.0. The number of hydrogen-bond acceptors (Lipinski definition) is 7. The van der Waals surface area contributed by atoms with Gasteiger partial charge in [0, 0.05) is 34.6 Å². The van der Waals surface area contributed by atoms with Crippen molar-refractivity contribution in [3.8, 4) is 5.75 Å². The summed E-state index contributed by atoms with van der Waals surface area (Å²) in [6.45, 7) is 5.02. The van der Waals surface area contributed by atoms with Gasteiger partial charge in [0.25, 0.3) is 11.8 Å². The molecule has 0 bridgehead atoms.